The molecule has 0 unspecified atom stereocenters. The van der Waals surface area contributed by atoms with Gasteiger partial charge in [-0.05, 0) is 61.7 Å². The van der Waals surface area contributed by atoms with E-state index < -0.39 is 6.67 Å². The van der Waals surface area contributed by atoms with E-state index in [4.69, 9.17) is 4.74 Å². The Morgan fingerprint density at radius 3 is 2.52 bits per heavy atom. The average molecular weight is 395 g/mol. The summed E-state index contributed by atoms with van der Waals surface area (Å²) in [6.45, 7) is 5.15. The van der Waals surface area contributed by atoms with E-state index in [2.05, 4.69) is 57.4 Å². The number of hydrogen-bond donors (Lipinski definition) is 1. The monoisotopic (exact) mass is 394 g/mol. The maximum atomic E-state index is 12.2. The van der Waals surface area contributed by atoms with Crippen molar-refractivity contribution < 1.29 is 9.13 Å². The van der Waals surface area contributed by atoms with Crippen LogP contribution in [-0.2, 0) is 6.42 Å². The fourth-order valence-electron chi connectivity index (χ4n) is 4.13. The summed E-state index contributed by atoms with van der Waals surface area (Å²) in [6.07, 6.45) is 5.76. The molecule has 0 radical (unpaired) electrons. The number of unbranched alkanes of at least 4 members (excludes halogenated alkanes) is 1. The van der Waals surface area contributed by atoms with Crippen LogP contribution in [0.1, 0.15) is 18.4 Å². The molecular formula is C24H30FN3O. The van der Waals surface area contributed by atoms with Gasteiger partial charge in [-0.2, -0.15) is 0 Å². The fraction of sp³-hybridized carbons (Fsp3) is 0.417. The first kappa shape index (κ1) is 19.8. The van der Waals surface area contributed by atoms with Crippen molar-refractivity contribution in [1.82, 2.24) is 9.88 Å². The molecule has 5 heteroatoms. The molecule has 29 heavy (non-hydrogen) atoms. The number of aromatic amines is 1. The van der Waals surface area contributed by atoms with Crippen LogP contribution in [0, 0.1) is 0 Å². The van der Waals surface area contributed by atoms with E-state index in [1.54, 1.807) is 0 Å². The normalized spacial score (nSPS) is 15.1. The van der Waals surface area contributed by atoms with Gasteiger partial charge in [0, 0.05) is 49.0 Å². The Bertz CT molecular complexity index is 885. The van der Waals surface area contributed by atoms with Gasteiger partial charge in [-0.25, -0.2) is 4.39 Å². The van der Waals surface area contributed by atoms with Gasteiger partial charge in [0.2, 0.25) is 0 Å². The summed E-state index contributed by atoms with van der Waals surface area (Å²) >= 11 is 0. The lowest BCUT2D eigenvalue weighted by atomic mass is 10.1. The second-order valence-corrected chi connectivity index (χ2v) is 7.68. The smallest absolute Gasteiger partial charge is 0.123 e. The Balaban J connectivity index is 1.17. The minimum Gasteiger partial charge on any atom is -0.491 e. The molecule has 0 saturated carbocycles. The molecule has 0 bridgehead atoms. The fourth-order valence-corrected chi connectivity index (χ4v) is 4.13. The van der Waals surface area contributed by atoms with Gasteiger partial charge < -0.3 is 14.6 Å². The largest absolute Gasteiger partial charge is 0.491 e. The predicted octanol–water partition coefficient (Wildman–Crippen LogP) is 4.66. The number of nitrogens with one attached hydrogen (secondary N) is 1. The number of rotatable bonds is 9. The zero-order valence-electron chi connectivity index (χ0n) is 16.9. The Morgan fingerprint density at radius 2 is 1.72 bits per heavy atom. The number of benzene rings is 2. The maximum absolute atomic E-state index is 12.2. The number of halogens is 1. The number of hydrogen-bond acceptors (Lipinski definition) is 3. The highest BCUT2D eigenvalue weighted by atomic mass is 18.2. The molecule has 0 amide bonds. The number of aryl methyl sites for hydroxylation is 1. The summed E-state index contributed by atoms with van der Waals surface area (Å²) in [5.74, 6) is 0.736. The molecule has 154 valence electrons. The van der Waals surface area contributed by atoms with E-state index in [0.717, 1.165) is 38.3 Å². The van der Waals surface area contributed by atoms with Gasteiger partial charge in [-0.1, -0.05) is 18.2 Å². The number of alkyl halides is 1. The van der Waals surface area contributed by atoms with Crippen LogP contribution in [0.3, 0.4) is 0 Å². The van der Waals surface area contributed by atoms with E-state index >= 15 is 0 Å². The number of para-hydroxylation sites is 1. The van der Waals surface area contributed by atoms with Crippen molar-refractivity contribution >= 4 is 16.6 Å². The van der Waals surface area contributed by atoms with Gasteiger partial charge in [0.25, 0.3) is 0 Å². The first-order valence-corrected chi connectivity index (χ1v) is 10.6. The quantitative estimate of drug-likeness (QED) is 0.536. The number of nitrogens with zero attached hydrogens (tertiary/aromatic N) is 2. The van der Waals surface area contributed by atoms with Crippen molar-refractivity contribution in [2.24, 2.45) is 0 Å². The van der Waals surface area contributed by atoms with Crippen molar-refractivity contribution in [2.45, 2.75) is 19.3 Å². The molecular weight excluding hydrogens is 364 g/mol. The van der Waals surface area contributed by atoms with Crippen molar-refractivity contribution in [3.8, 4) is 5.75 Å². The maximum Gasteiger partial charge on any atom is 0.123 e. The molecule has 0 aliphatic carbocycles. The van der Waals surface area contributed by atoms with Gasteiger partial charge in [0.05, 0.1) is 0 Å². The van der Waals surface area contributed by atoms with Crippen LogP contribution >= 0.6 is 0 Å². The van der Waals surface area contributed by atoms with E-state index in [-0.39, 0.29) is 6.61 Å². The third-order valence-electron chi connectivity index (χ3n) is 5.77. The summed E-state index contributed by atoms with van der Waals surface area (Å²) in [4.78, 5) is 8.36. The molecule has 0 atom stereocenters. The van der Waals surface area contributed by atoms with Crippen LogP contribution in [-0.4, -0.2) is 55.9 Å². The molecule has 0 spiro atoms. The number of ether oxygens (including phenoxy) is 1. The van der Waals surface area contributed by atoms with E-state index in [1.165, 1.54) is 41.5 Å². The average Bonchev–Trinajstić information content (AvgIpc) is 3.19. The van der Waals surface area contributed by atoms with Gasteiger partial charge >= 0.3 is 0 Å². The van der Waals surface area contributed by atoms with Crippen LogP contribution in [0.25, 0.3) is 10.9 Å². The summed E-state index contributed by atoms with van der Waals surface area (Å²) in [7, 11) is 0. The van der Waals surface area contributed by atoms with Gasteiger partial charge in [0.15, 0.2) is 0 Å². The molecule has 1 saturated heterocycles. The Morgan fingerprint density at radius 1 is 0.931 bits per heavy atom. The van der Waals surface area contributed by atoms with Crippen molar-refractivity contribution in [3.63, 3.8) is 0 Å². The lowest BCUT2D eigenvalue weighted by molar-refractivity contribution is 0.253. The predicted molar refractivity (Wildman–Crippen MR) is 118 cm³/mol. The number of anilines is 1. The van der Waals surface area contributed by atoms with Crippen LogP contribution in [0.15, 0.2) is 54.7 Å². The number of fused-ring (bicyclic) bond motifs is 1. The summed E-state index contributed by atoms with van der Waals surface area (Å²) < 4.78 is 17.5. The molecule has 1 aliphatic rings. The SMILES string of the molecule is [18F]CCOc1ccc(N2CCN(CCCCc3c[nH]c4ccccc34)CC2)cc1. The topological polar surface area (TPSA) is 31.5 Å². The molecule has 4 rings (SSSR count). The van der Waals surface area contributed by atoms with Crippen molar-refractivity contribution in [3.05, 3.63) is 60.3 Å². The summed E-state index contributed by atoms with van der Waals surface area (Å²) in [5.41, 5.74) is 3.89. The van der Waals surface area contributed by atoms with E-state index in [0.29, 0.717) is 0 Å². The van der Waals surface area contributed by atoms with Crippen LogP contribution in [0.2, 0.25) is 0 Å². The lowest BCUT2D eigenvalue weighted by Gasteiger charge is -2.36. The Hall–Kier alpha value is -2.53. The Labute approximate surface area is 172 Å². The van der Waals surface area contributed by atoms with Crippen molar-refractivity contribution in [1.29, 1.82) is 0 Å². The van der Waals surface area contributed by atoms with Gasteiger partial charge in [-0.3, -0.25) is 4.90 Å². The molecule has 1 aromatic heterocycles. The van der Waals surface area contributed by atoms with Crippen LogP contribution in [0.4, 0.5) is 10.1 Å². The summed E-state index contributed by atoms with van der Waals surface area (Å²) in [6, 6.07) is 16.6. The first-order chi connectivity index (χ1) is 14.3. The zero-order chi connectivity index (χ0) is 19.9. The molecule has 1 N–H and O–H groups in total. The van der Waals surface area contributed by atoms with Crippen molar-refractivity contribution in [2.75, 3.05) is 50.9 Å². The first-order valence-electron chi connectivity index (χ1n) is 10.6. The summed E-state index contributed by atoms with van der Waals surface area (Å²) in [5, 5.41) is 1.36. The van der Waals surface area contributed by atoms with E-state index in [1.807, 2.05) is 12.1 Å². The van der Waals surface area contributed by atoms with Crippen LogP contribution < -0.4 is 9.64 Å². The van der Waals surface area contributed by atoms with Crippen LogP contribution in [0.5, 0.6) is 5.75 Å². The Kier molecular flexibility index (Phi) is 6.67. The molecule has 1 fully saturated rings. The molecule has 1 aliphatic heterocycles. The standard InChI is InChI=1S/C24H30FN3O/c25-12-18-29-22-10-8-21(9-11-22)28-16-14-27(15-17-28)13-4-3-5-20-19-26-24-7-2-1-6-23(20)24/h1-2,6-11,19,26H,3-5,12-18H2/i25-1. The number of piperazine rings is 1. The molecule has 2 heterocycles. The zero-order valence-corrected chi connectivity index (χ0v) is 16.9. The molecule has 4 nitrogen and oxygen atoms in total. The minimum atomic E-state index is -0.453. The molecule has 3 aromatic rings. The number of H-pyrrole nitrogens is 1. The highest BCUT2D eigenvalue weighted by molar-refractivity contribution is 5.82. The second kappa shape index (κ2) is 9.79. The second-order valence-electron chi connectivity index (χ2n) is 7.68. The third-order valence-corrected chi connectivity index (χ3v) is 5.77. The van der Waals surface area contributed by atoms with Gasteiger partial charge in [-0.15, -0.1) is 0 Å². The third kappa shape index (κ3) is 5.10. The number of aromatic nitrogens is 1. The highest BCUT2D eigenvalue weighted by Crippen LogP contribution is 2.22. The minimum absolute atomic E-state index is 0.123. The van der Waals surface area contributed by atoms with Gasteiger partial charge in [0.1, 0.15) is 19.0 Å². The highest BCUT2D eigenvalue weighted by Gasteiger charge is 2.17. The van der Waals surface area contributed by atoms with E-state index in [9.17, 15) is 4.39 Å². The lowest BCUT2D eigenvalue weighted by Crippen LogP contribution is -2.46. The molecule has 2 aromatic carbocycles.